The summed E-state index contributed by atoms with van der Waals surface area (Å²) in [6.07, 6.45) is 0. The molecule has 0 amide bonds. The van der Waals surface area contributed by atoms with Gasteiger partial charge in [0, 0.05) is 4.90 Å². The zero-order valence-electron chi connectivity index (χ0n) is 8.17. The first-order valence-corrected chi connectivity index (χ1v) is 6.13. The third-order valence-corrected chi connectivity index (χ3v) is 3.80. The third-order valence-electron chi connectivity index (χ3n) is 2.03. The van der Waals surface area contributed by atoms with Crippen LogP contribution in [0.15, 0.2) is 32.9 Å². The van der Waals surface area contributed by atoms with E-state index in [9.17, 15) is 0 Å². The van der Waals surface area contributed by atoms with Crippen molar-refractivity contribution in [3.05, 3.63) is 34.8 Å². The minimum atomic E-state index is 0.0928. The molecule has 0 atom stereocenters. The molecule has 0 spiro atoms. The Labute approximate surface area is 96.2 Å². The molecule has 0 fully saturated rings. The van der Waals surface area contributed by atoms with Crippen LogP contribution in [0.4, 0.5) is 0 Å². The van der Waals surface area contributed by atoms with Gasteiger partial charge in [0.15, 0.2) is 4.34 Å². The van der Waals surface area contributed by atoms with Gasteiger partial charge in [0.25, 0.3) is 0 Å². The van der Waals surface area contributed by atoms with Crippen LogP contribution in [0.3, 0.4) is 0 Å². The Morgan fingerprint density at radius 3 is 2.93 bits per heavy atom. The lowest BCUT2D eigenvalue weighted by atomic mass is 10.1. The number of aromatic nitrogens is 2. The number of nitrogens with zero attached hydrogens (tertiary/aromatic N) is 2. The highest BCUT2D eigenvalue weighted by molar-refractivity contribution is 8.01. The molecule has 15 heavy (non-hydrogen) atoms. The minimum absolute atomic E-state index is 0.0928. The van der Waals surface area contributed by atoms with Crippen molar-refractivity contribution in [1.29, 1.82) is 0 Å². The number of rotatable bonds is 3. The zero-order chi connectivity index (χ0) is 10.7. The highest BCUT2D eigenvalue weighted by Gasteiger charge is 2.03. The summed E-state index contributed by atoms with van der Waals surface area (Å²) in [4.78, 5) is 1.13. The molecule has 1 aromatic heterocycles. The SMILES string of the molecule is Cc1cc(Sc2nncs2)ccc1CO. The molecule has 0 saturated heterocycles. The zero-order valence-corrected chi connectivity index (χ0v) is 9.81. The normalized spacial score (nSPS) is 10.5. The van der Waals surface area contributed by atoms with Gasteiger partial charge in [-0.3, -0.25) is 0 Å². The summed E-state index contributed by atoms with van der Waals surface area (Å²) < 4.78 is 0.936. The number of hydrogen-bond acceptors (Lipinski definition) is 5. The summed E-state index contributed by atoms with van der Waals surface area (Å²) in [6, 6.07) is 5.99. The molecule has 0 aliphatic heterocycles. The van der Waals surface area contributed by atoms with Crippen molar-refractivity contribution in [2.45, 2.75) is 22.8 Å². The van der Waals surface area contributed by atoms with Crippen LogP contribution < -0.4 is 0 Å². The van der Waals surface area contributed by atoms with Gasteiger partial charge in [0.2, 0.25) is 0 Å². The molecule has 0 bridgehead atoms. The van der Waals surface area contributed by atoms with E-state index in [0.717, 1.165) is 20.4 Å². The number of aliphatic hydroxyl groups is 1. The van der Waals surface area contributed by atoms with Crippen LogP contribution in [-0.4, -0.2) is 15.3 Å². The molecule has 1 aromatic carbocycles. The van der Waals surface area contributed by atoms with Gasteiger partial charge in [0.1, 0.15) is 5.51 Å². The maximum absolute atomic E-state index is 9.04. The monoisotopic (exact) mass is 238 g/mol. The summed E-state index contributed by atoms with van der Waals surface area (Å²) in [5, 5.41) is 16.8. The summed E-state index contributed by atoms with van der Waals surface area (Å²) in [5.41, 5.74) is 3.79. The van der Waals surface area contributed by atoms with Crippen LogP contribution in [0, 0.1) is 6.92 Å². The van der Waals surface area contributed by atoms with Gasteiger partial charge in [-0.05, 0) is 30.2 Å². The maximum atomic E-state index is 9.04. The third kappa shape index (κ3) is 2.56. The molecular weight excluding hydrogens is 228 g/mol. The van der Waals surface area contributed by atoms with Gasteiger partial charge in [0.05, 0.1) is 6.61 Å². The van der Waals surface area contributed by atoms with Crippen molar-refractivity contribution in [3.8, 4) is 0 Å². The molecule has 0 aliphatic carbocycles. The largest absolute Gasteiger partial charge is 0.392 e. The van der Waals surface area contributed by atoms with Gasteiger partial charge in [-0.15, -0.1) is 10.2 Å². The van der Waals surface area contributed by atoms with Crippen molar-refractivity contribution in [1.82, 2.24) is 10.2 Å². The molecule has 0 aliphatic rings. The van der Waals surface area contributed by atoms with E-state index in [4.69, 9.17) is 5.11 Å². The van der Waals surface area contributed by atoms with E-state index in [1.54, 1.807) is 17.3 Å². The van der Waals surface area contributed by atoms with Crippen LogP contribution >= 0.6 is 23.1 Å². The minimum Gasteiger partial charge on any atom is -0.392 e. The maximum Gasteiger partial charge on any atom is 0.178 e. The second kappa shape index (κ2) is 4.74. The van der Waals surface area contributed by atoms with Crippen LogP contribution in [0.1, 0.15) is 11.1 Å². The van der Waals surface area contributed by atoms with Crippen LogP contribution in [0.25, 0.3) is 0 Å². The quantitative estimate of drug-likeness (QED) is 0.892. The van der Waals surface area contributed by atoms with E-state index in [2.05, 4.69) is 16.3 Å². The van der Waals surface area contributed by atoms with E-state index < -0.39 is 0 Å². The van der Waals surface area contributed by atoms with E-state index in [0.29, 0.717) is 0 Å². The lowest BCUT2D eigenvalue weighted by Crippen LogP contribution is -1.88. The second-order valence-electron chi connectivity index (χ2n) is 3.05. The number of aliphatic hydroxyl groups excluding tert-OH is 1. The molecule has 0 unspecified atom stereocenters. The van der Waals surface area contributed by atoms with E-state index in [1.165, 1.54) is 11.3 Å². The lowest BCUT2D eigenvalue weighted by Gasteiger charge is -2.04. The Morgan fingerprint density at radius 1 is 1.47 bits per heavy atom. The smallest absolute Gasteiger partial charge is 0.178 e. The van der Waals surface area contributed by atoms with Crippen molar-refractivity contribution in [2.24, 2.45) is 0 Å². The molecule has 78 valence electrons. The molecule has 1 heterocycles. The predicted molar refractivity (Wildman–Crippen MR) is 61.1 cm³/mol. The Morgan fingerprint density at radius 2 is 2.33 bits per heavy atom. The van der Waals surface area contributed by atoms with Crippen LogP contribution in [0.5, 0.6) is 0 Å². The first kappa shape index (κ1) is 10.6. The lowest BCUT2D eigenvalue weighted by molar-refractivity contribution is 0.281. The topological polar surface area (TPSA) is 46.0 Å². The number of benzene rings is 1. The fraction of sp³-hybridized carbons (Fsp3) is 0.200. The summed E-state index contributed by atoms with van der Waals surface area (Å²) in [5.74, 6) is 0. The summed E-state index contributed by atoms with van der Waals surface area (Å²) in [6.45, 7) is 2.09. The molecular formula is C10H10N2OS2. The van der Waals surface area contributed by atoms with Gasteiger partial charge >= 0.3 is 0 Å². The Kier molecular flexibility index (Phi) is 3.35. The Balaban J connectivity index is 2.20. The Bertz CT molecular complexity index is 443. The molecule has 3 nitrogen and oxygen atoms in total. The first-order chi connectivity index (χ1) is 7.29. The van der Waals surface area contributed by atoms with Crippen LogP contribution in [0.2, 0.25) is 0 Å². The molecule has 2 aromatic rings. The highest BCUT2D eigenvalue weighted by atomic mass is 32.2. The van der Waals surface area contributed by atoms with Gasteiger partial charge in [-0.2, -0.15) is 0 Å². The molecule has 0 radical (unpaired) electrons. The standard InChI is InChI=1S/C10H10N2OS2/c1-7-4-9(3-2-8(7)5-13)15-10-12-11-6-14-10/h2-4,6,13H,5H2,1H3. The van der Waals surface area contributed by atoms with Crippen molar-refractivity contribution >= 4 is 23.1 Å². The molecule has 0 saturated carbocycles. The molecule has 5 heteroatoms. The van der Waals surface area contributed by atoms with Gasteiger partial charge in [-0.25, -0.2) is 0 Å². The van der Waals surface area contributed by atoms with Crippen LogP contribution in [-0.2, 0) is 6.61 Å². The van der Waals surface area contributed by atoms with Crippen molar-refractivity contribution in [3.63, 3.8) is 0 Å². The van der Waals surface area contributed by atoms with E-state index >= 15 is 0 Å². The van der Waals surface area contributed by atoms with Gasteiger partial charge in [-0.1, -0.05) is 29.2 Å². The van der Waals surface area contributed by atoms with E-state index in [-0.39, 0.29) is 6.61 Å². The number of aryl methyl sites for hydroxylation is 1. The Hall–Kier alpha value is -0.910. The molecule has 1 N–H and O–H groups in total. The van der Waals surface area contributed by atoms with Gasteiger partial charge < -0.3 is 5.11 Å². The highest BCUT2D eigenvalue weighted by Crippen LogP contribution is 2.29. The fourth-order valence-corrected chi connectivity index (χ4v) is 2.77. The first-order valence-electron chi connectivity index (χ1n) is 4.44. The average molecular weight is 238 g/mol. The fourth-order valence-electron chi connectivity index (χ4n) is 1.22. The van der Waals surface area contributed by atoms with Crippen molar-refractivity contribution in [2.75, 3.05) is 0 Å². The second-order valence-corrected chi connectivity index (χ2v) is 5.21. The molecule has 2 rings (SSSR count). The van der Waals surface area contributed by atoms with Crippen molar-refractivity contribution < 1.29 is 5.11 Å². The van der Waals surface area contributed by atoms with E-state index in [1.807, 2.05) is 19.1 Å². The summed E-state index contributed by atoms with van der Waals surface area (Å²) in [7, 11) is 0. The average Bonchev–Trinajstić information content (AvgIpc) is 2.71. The predicted octanol–water partition coefficient (Wildman–Crippen LogP) is 2.49. The number of hydrogen-bond donors (Lipinski definition) is 1. The summed E-state index contributed by atoms with van der Waals surface area (Å²) >= 11 is 3.12.